The number of piperazine rings is 1. The van der Waals surface area contributed by atoms with E-state index in [0.29, 0.717) is 80.5 Å². The molecule has 4 fully saturated rings. The number of Topliss-reactive ketones (excluding diaryl/α,β-unsaturated/α-hetero) is 1. The zero-order valence-corrected chi connectivity index (χ0v) is 44.0. The monoisotopic (exact) mass is 1030 g/mol. The maximum Gasteiger partial charge on any atom is 0.263 e. The Kier molecular flexibility index (Phi) is 15.6. The van der Waals surface area contributed by atoms with Gasteiger partial charge in [0.1, 0.15) is 23.5 Å². The molecule has 20 heteroatoms. The summed E-state index contributed by atoms with van der Waals surface area (Å²) < 4.78 is 1.69. The molecule has 392 valence electrons. The van der Waals surface area contributed by atoms with Crippen LogP contribution in [0.1, 0.15) is 106 Å². The number of aliphatic hydroxyl groups excluding tert-OH is 1. The van der Waals surface area contributed by atoms with Crippen molar-refractivity contribution in [2.24, 2.45) is 11.3 Å². The van der Waals surface area contributed by atoms with Crippen LogP contribution in [0.4, 0.5) is 17.5 Å². The first kappa shape index (κ1) is 52.2. The van der Waals surface area contributed by atoms with Crippen molar-refractivity contribution < 1.29 is 29.1 Å². The smallest absolute Gasteiger partial charge is 0.263 e. The number of hydrogen-bond acceptors (Lipinski definition) is 15. The average Bonchev–Trinajstić information content (AvgIpc) is 4.17. The second kappa shape index (κ2) is 22.1. The Morgan fingerprint density at radius 2 is 1.58 bits per heavy atom. The van der Waals surface area contributed by atoms with Gasteiger partial charge in [0.05, 0.1) is 46.2 Å². The first-order valence-corrected chi connectivity index (χ1v) is 26.8. The van der Waals surface area contributed by atoms with E-state index < -0.39 is 29.5 Å². The van der Waals surface area contributed by atoms with Crippen molar-refractivity contribution in [3.05, 3.63) is 87.0 Å². The number of nitrogens with one attached hydrogen (secondary N) is 3. The molecule has 4 N–H and O–H groups in total. The van der Waals surface area contributed by atoms with E-state index in [0.717, 1.165) is 53.1 Å². The summed E-state index contributed by atoms with van der Waals surface area (Å²) in [6, 6.07) is 9.89. The lowest BCUT2D eigenvalue weighted by atomic mass is 9.84. The molecule has 4 aromatic heterocycles. The van der Waals surface area contributed by atoms with Crippen molar-refractivity contribution >= 4 is 69.2 Å². The van der Waals surface area contributed by atoms with Crippen molar-refractivity contribution in [1.29, 1.82) is 0 Å². The van der Waals surface area contributed by atoms with Crippen molar-refractivity contribution in [2.75, 3.05) is 62.6 Å². The highest BCUT2D eigenvalue weighted by Gasteiger charge is 2.45. The summed E-state index contributed by atoms with van der Waals surface area (Å²) in [5, 5.41) is 20.6. The number of pyridine rings is 2. The Labute approximate surface area is 435 Å². The molecule has 4 aliphatic rings. The van der Waals surface area contributed by atoms with Gasteiger partial charge in [0, 0.05) is 69.2 Å². The summed E-state index contributed by atoms with van der Waals surface area (Å²) in [5.74, 6) is -0.729. The van der Waals surface area contributed by atoms with Crippen LogP contribution < -0.4 is 26.4 Å². The molecular weight excluding hydrogens is 961 g/mol. The summed E-state index contributed by atoms with van der Waals surface area (Å²) in [6.45, 7) is 14.8. The first-order chi connectivity index (χ1) is 35.4. The fourth-order valence-electron chi connectivity index (χ4n) is 11.0. The summed E-state index contributed by atoms with van der Waals surface area (Å²) >= 11 is 1.57. The predicted molar refractivity (Wildman–Crippen MR) is 283 cm³/mol. The molecular formula is C54H68N12O7S. The van der Waals surface area contributed by atoms with E-state index in [1.165, 1.54) is 11.8 Å². The van der Waals surface area contributed by atoms with Gasteiger partial charge in [-0.25, -0.2) is 15.0 Å². The third kappa shape index (κ3) is 11.4. The second-order valence-corrected chi connectivity index (χ2v) is 22.3. The number of amides is 4. The number of hydrogen-bond donors (Lipinski definition) is 4. The number of thiazole rings is 1. The van der Waals surface area contributed by atoms with Gasteiger partial charge in [-0.15, -0.1) is 11.3 Å². The minimum atomic E-state index is -0.926. The molecule has 5 aromatic rings. The zero-order chi connectivity index (χ0) is 52.4. The van der Waals surface area contributed by atoms with Gasteiger partial charge in [-0.1, -0.05) is 57.9 Å². The molecule has 0 spiro atoms. The van der Waals surface area contributed by atoms with Crippen molar-refractivity contribution in [1.82, 2.24) is 49.8 Å². The predicted octanol–water partition coefficient (Wildman–Crippen LogP) is 5.16. The number of benzene rings is 1. The highest BCUT2D eigenvalue weighted by atomic mass is 32.1. The number of aliphatic hydroxyl groups is 1. The van der Waals surface area contributed by atoms with Crippen LogP contribution in [-0.4, -0.2) is 144 Å². The number of aromatic nitrogens is 5. The number of anilines is 3. The fraction of sp³-hybridized carbons (Fsp3) is 0.519. The lowest BCUT2D eigenvalue weighted by Crippen LogP contribution is -2.59. The number of β-amino-alcohol motifs (C(OH)–C–C–N with tert-alkyl or cyclic N) is 1. The van der Waals surface area contributed by atoms with E-state index in [1.807, 2.05) is 74.5 Å². The number of carbonyl (C=O) groups excluding carboxylic acids is 5. The third-order valence-corrected chi connectivity index (χ3v) is 16.2. The van der Waals surface area contributed by atoms with E-state index in [9.17, 15) is 33.9 Å². The quantitative estimate of drug-likeness (QED) is 0.106. The van der Waals surface area contributed by atoms with Gasteiger partial charge in [0.25, 0.3) is 5.56 Å². The largest absolute Gasteiger partial charge is 0.391 e. The third-order valence-electron chi connectivity index (χ3n) is 15.2. The highest BCUT2D eigenvalue weighted by Crippen LogP contribution is 2.33. The number of fused-ring (bicyclic) bond motifs is 1. The van der Waals surface area contributed by atoms with Crippen LogP contribution in [0.3, 0.4) is 0 Å². The molecule has 3 atom stereocenters. The molecule has 3 aliphatic heterocycles. The summed E-state index contributed by atoms with van der Waals surface area (Å²) in [6.07, 6.45) is 7.48. The Morgan fingerprint density at radius 3 is 2.22 bits per heavy atom. The Morgan fingerprint density at radius 1 is 0.865 bits per heavy atom. The van der Waals surface area contributed by atoms with Crippen LogP contribution in [0.25, 0.3) is 21.5 Å². The van der Waals surface area contributed by atoms with E-state index in [4.69, 9.17) is 4.98 Å². The van der Waals surface area contributed by atoms with E-state index in [2.05, 4.69) is 40.7 Å². The topological polar surface area (TPSA) is 228 Å². The van der Waals surface area contributed by atoms with Crippen LogP contribution >= 0.6 is 11.3 Å². The normalized spacial score (nSPS) is 19.5. The van der Waals surface area contributed by atoms with Gasteiger partial charge < -0.3 is 35.8 Å². The van der Waals surface area contributed by atoms with Crippen molar-refractivity contribution in [3.8, 4) is 10.4 Å². The summed E-state index contributed by atoms with van der Waals surface area (Å²) in [5.41, 5.74) is 5.95. The highest BCUT2D eigenvalue weighted by molar-refractivity contribution is 7.13. The molecule has 3 saturated heterocycles. The van der Waals surface area contributed by atoms with Crippen LogP contribution in [0, 0.1) is 25.2 Å². The van der Waals surface area contributed by atoms with Gasteiger partial charge in [0.15, 0.2) is 5.78 Å². The Hall–Kier alpha value is -6.64. The SMILES string of the molecule is CC(=O)c1c(C)c2cnc(Nc3ccc(N4CCN(C(=O)CN5CCC(C(=O)NC(C(=O)N6C[C@H](O)C[C@H]6C(=O)NCc6ccc(-c7scnc7C)cc6)C(C)(C)C)CC5)CC4)cn3)nc2n(C2CCCC2)c1=O. The van der Waals surface area contributed by atoms with Crippen LogP contribution in [0.2, 0.25) is 0 Å². The van der Waals surface area contributed by atoms with Crippen molar-refractivity contribution in [3.63, 3.8) is 0 Å². The van der Waals surface area contributed by atoms with Crippen LogP contribution in [0.15, 0.2) is 59.1 Å². The number of carbonyl (C=O) groups is 5. The van der Waals surface area contributed by atoms with Gasteiger partial charge in [-0.2, -0.15) is 4.98 Å². The molecule has 9 rings (SSSR count). The van der Waals surface area contributed by atoms with Gasteiger partial charge in [-0.05, 0) is 93.8 Å². The number of piperidine rings is 1. The molecule has 1 saturated carbocycles. The Balaban J connectivity index is 0.731. The molecule has 19 nitrogen and oxygen atoms in total. The van der Waals surface area contributed by atoms with E-state index >= 15 is 0 Å². The molecule has 1 aromatic carbocycles. The van der Waals surface area contributed by atoms with E-state index in [1.54, 1.807) is 35.2 Å². The number of aryl methyl sites for hydroxylation is 2. The maximum atomic E-state index is 14.3. The van der Waals surface area contributed by atoms with Gasteiger partial charge in [0.2, 0.25) is 29.6 Å². The second-order valence-electron chi connectivity index (χ2n) is 21.4. The molecule has 1 aliphatic carbocycles. The zero-order valence-electron chi connectivity index (χ0n) is 43.2. The number of ketones is 1. The summed E-state index contributed by atoms with van der Waals surface area (Å²) in [7, 11) is 0. The average molecular weight is 1030 g/mol. The lowest BCUT2D eigenvalue weighted by Gasteiger charge is -2.38. The lowest BCUT2D eigenvalue weighted by molar-refractivity contribution is -0.144. The molecule has 74 heavy (non-hydrogen) atoms. The van der Waals surface area contributed by atoms with Crippen molar-refractivity contribution in [2.45, 2.75) is 117 Å². The standard InChI is InChI=1S/C54H68N12O7S/c1-32-41-28-57-53(61-48(41)66(38-9-7-8-10-38)51(72)45(32)34(3)67)59-43-16-15-39(27-55-43)63-21-23-64(24-22-63)44(69)30-62-19-17-37(18-20-62)49(70)60-47(54(4,5)6)52(73)65-29-40(68)25-42(65)50(71)56-26-35-11-13-36(14-12-35)46-33(2)58-31-74-46/h11-16,27-28,31,37-38,40,42,47,68H,7-10,17-26,29-30H2,1-6H3,(H,56,71)(H,60,70)(H,55,57,59,61)/t40-,42+,47?/m1/s1. The molecule has 7 heterocycles. The van der Waals surface area contributed by atoms with Crippen LogP contribution in [-0.2, 0) is 25.7 Å². The Bertz CT molecular complexity index is 2950. The number of nitrogens with zero attached hydrogens (tertiary/aromatic N) is 9. The summed E-state index contributed by atoms with van der Waals surface area (Å²) in [4.78, 5) is 108. The molecule has 1 unspecified atom stereocenters. The van der Waals surface area contributed by atoms with Gasteiger partial charge >= 0.3 is 0 Å². The first-order valence-electron chi connectivity index (χ1n) is 25.9. The number of likely N-dealkylation sites (tertiary alicyclic amines) is 2. The maximum absolute atomic E-state index is 14.3. The molecule has 4 amide bonds. The minimum Gasteiger partial charge on any atom is -0.391 e. The minimum absolute atomic E-state index is 0.00470. The van der Waals surface area contributed by atoms with E-state index in [-0.39, 0.29) is 72.6 Å². The van der Waals surface area contributed by atoms with Gasteiger partial charge in [-0.3, -0.25) is 38.2 Å². The molecule has 0 bridgehead atoms. The fourth-order valence-corrected chi connectivity index (χ4v) is 11.8. The molecule has 0 radical (unpaired) electrons. The number of rotatable bonds is 14. The van der Waals surface area contributed by atoms with Crippen LogP contribution in [0.5, 0.6) is 0 Å².